The summed E-state index contributed by atoms with van der Waals surface area (Å²) in [6.07, 6.45) is 0. The Morgan fingerprint density at radius 2 is 2.06 bits per heavy atom. The first-order valence-electron chi connectivity index (χ1n) is 4.05. The molecule has 0 aliphatic heterocycles. The van der Waals surface area contributed by atoms with E-state index < -0.39 is 21.2 Å². The molecule has 1 heterocycles. The van der Waals surface area contributed by atoms with Crippen LogP contribution in [0.25, 0.3) is 11.0 Å². The summed E-state index contributed by atoms with van der Waals surface area (Å²) in [4.78, 5) is 16.3. The van der Waals surface area contributed by atoms with Crippen LogP contribution < -0.4 is 5.11 Å². The van der Waals surface area contributed by atoms with Crippen LogP contribution in [-0.2, 0) is 10.1 Å². The number of rotatable bonds is 2. The highest BCUT2D eigenvalue weighted by atomic mass is 32.2. The number of H-pyrrole nitrogens is 1. The normalized spacial score (nSPS) is 11.8. The maximum absolute atomic E-state index is 10.6. The summed E-state index contributed by atoms with van der Waals surface area (Å²) in [7, 11) is -4.68. The number of carboxylic acid groups (broad SMARTS) is 1. The Labute approximate surface area is 89.5 Å². The minimum Gasteiger partial charge on any atom is -0.742 e. The SMILES string of the molecule is O=C([O-])c1ccc2nc(S(=O)(=O)[O-])[nH]c2c1. The Bertz CT molecular complexity index is 673. The van der Waals surface area contributed by atoms with Gasteiger partial charge in [0.1, 0.15) is 0 Å². The van der Waals surface area contributed by atoms with Crippen LogP contribution in [0.2, 0.25) is 0 Å². The number of hydrogen-bond donors (Lipinski definition) is 1. The van der Waals surface area contributed by atoms with Crippen molar-refractivity contribution in [2.24, 2.45) is 0 Å². The molecule has 0 fully saturated rings. The van der Waals surface area contributed by atoms with Crippen molar-refractivity contribution < 1.29 is 22.9 Å². The molecular weight excluding hydrogens is 236 g/mol. The molecule has 2 rings (SSSR count). The van der Waals surface area contributed by atoms with E-state index in [9.17, 15) is 22.9 Å². The van der Waals surface area contributed by atoms with E-state index in [0.717, 1.165) is 6.07 Å². The van der Waals surface area contributed by atoms with Crippen LogP contribution in [0.5, 0.6) is 0 Å². The third-order valence-corrected chi connectivity index (χ3v) is 2.60. The third-order valence-electron chi connectivity index (χ3n) is 1.93. The number of carbonyl (C=O) groups is 1. The fourth-order valence-corrected chi connectivity index (χ4v) is 1.68. The molecule has 16 heavy (non-hydrogen) atoms. The molecule has 84 valence electrons. The second kappa shape index (κ2) is 3.29. The van der Waals surface area contributed by atoms with E-state index in [1.54, 1.807) is 0 Å². The highest BCUT2D eigenvalue weighted by molar-refractivity contribution is 7.85. The van der Waals surface area contributed by atoms with Crippen LogP contribution in [0.1, 0.15) is 10.4 Å². The number of hydrogen-bond acceptors (Lipinski definition) is 6. The lowest BCUT2D eigenvalue weighted by molar-refractivity contribution is -0.255. The molecule has 2 aromatic rings. The molecule has 0 radical (unpaired) electrons. The predicted molar refractivity (Wildman–Crippen MR) is 48.4 cm³/mol. The van der Waals surface area contributed by atoms with Crippen molar-refractivity contribution >= 4 is 27.1 Å². The van der Waals surface area contributed by atoms with Crippen molar-refractivity contribution in [3.8, 4) is 0 Å². The summed E-state index contributed by atoms with van der Waals surface area (Å²) in [5.41, 5.74) is 0.210. The van der Waals surface area contributed by atoms with Gasteiger partial charge in [0.25, 0.3) is 0 Å². The minimum absolute atomic E-state index is 0.133. The fourth-order valence-electron chi connectivity index (χ4n) is 1.23. The van der Waals surface area contributed by atoms with E-state index in [2.05, 4.69) is 9.97 Å². The highest BCUT2D eigenvalue weighted by Gasteiger charge is 2.08. The van der Waals surface area contributed by atoms with E-state index in [4.69, 9.17) is 0 Å². The molecule has 0 amide bonds. The van der Waals surface area contributed by atoms with Gasteiger partial charge >= 0.3 is 0 Å². The Kier molecular flexibility index (Phi) is 2.17. The predicted octanol–water partition coefficient (Wildman–Crippen LogP) is -1.17. The average Bonchev–Trinajstić information content (AvgIpc) is 2.58. The van der Waals surface area contributed by atoms with Crippen molar-refractivity contribution in [1.29, 1.82) is 0 Å². The molecule has 1 aromatic heterocycles. The van der Waals surface area contributed by atoms with Crippen molar-refractivity contribution in [2.75, 3.05) is 0 Å². The van der Waals surface area contributed by atoms with Gasteiger partial charge in [-0.3, -0.25) is 0 Å². The van der Waals surface area contributed by atoms with E-state index in [-0.39, 0.29) is 16.6 Å². The minimum atomic E-state index is -4.68. The first-order valence-corrected chi connectivity index (χ1v) is 5.46. The number of aromatic nitrogens is 2. The molecule has 0 bridgehead atoms. The highest BCUT2D eigenvalue weighted by Crippen LogP contribution is 2.15. The van der Waals surface area contributed by atoms with Gasteiger partial charge in [0.15, 0.2) is 10.1 Å². The topological polar surface area (TPSA) is 126 Å². The largest absolute Gasteiger partial charge is 0.742 e. The Morgan fingerprint density at radius 1 is 1.38 bits per heavy atom. The number of benzene rings is 1. The van der Waals surface area contributed by atoms with Gasteiger partial charge in [0.2, 0.25) is 5.16 Å². The number of aromatic amines is 1. The van der Waals surface area contributed by atoms with Crippen LogP contribution in [0.3, 0.4) is 0 Å². The summed E-state index contributed by atoms with van der Waals surface area (Å²) >= 11 is 0. The number of nitrogens with zero attached hydrogens (tertiary/aromatic N) is 1. The zero-order valence-corrected chi connectivity index (χ0v) is 8.45. The number of carbonyl (C=O) groups excluding carboxylic acids is 1. The summed E-state index contributed by atoms with van der Waals surface area (Å²) in [5.74, 6) is -1.40. The van der Waals surface area contributed by atoms with Crippen LogP contribution in [0.15, 0.2) is 23.4 Å². The molecule has 1 aromatic carbocycles. The van der Waals surface area contributed by atoms with Gasteiger partial charge in [-0.2, -0.15) is 0 Å². The zero-order valence-electron chi connectivity index (χ0n) is 7.63. The maximum atomic E-state index is 10.6. The second-order valence-electron chi connectivity index (χ2n) is 3.02. The number of aromatic carboxylic acids is 1. The van der Waals surface area contributed by atoms with Gasteiger partial charge in [0, 0.05) is 0 Å². The fraction of sp³-hybridized carbons (Fsp3) is 0. The number of nitrogens with one attached hydrogen (secondary N) is 1. The van der Waals surface area contributed by atoms with Gasteiger partial charge in [0.05, 0.1) is 17.0 Å². The van der Waals surface area contributed by atoms with Gasteiger partial charge in [-0.05, 0) is 17.7 Å². The van der Waals surface area contributed by atoms with Crippen LogP contribution >= 0.6 is 0 Å². The molecule has 8 heteroatoms. The third kappa shape index (κ3) is 1.75. The summed E-state index contributed by atoms with van der Waals surface area (Å²) in [5, 5.41) is 9.78. The molecule has 0 aliphatic carbocycles. The zero-order chi connectivity index (χ0) is 11.9. The first-order chi connectivity index (χ1) is 7.38. The molecule has 1 N–H and O–H groups in total. The molecule has 0 saturated heterocycles. The lowest BCUT2D eigenvalue weighted by atomic mass is 10.2. The molecule has 7 nitrogen and oxygen atoms in total. The van der Waals surface area contributed by atoms with Crippen molar-refractivity contribution in [3.05, 3.63) is 23.8 Å². The molecule has 0 atom stereocenters. The van der Waals surface area contributed by atoms with E-state index in [1.165, 1.54) is 12.1 Å². The molecule has 0 unspecified atom stereocenters. The first kappa shape index (κ1) is 10.6. The quantitative estimate of drug-likeness (QED) is 0.659. The van der Waals surface area contributed by atoms with Crippen molar-refractivity contribution in [1.82, 2.24) is 9.97 Å². The van der Waals surface area contributed by atoms with E-state index in [0.29, 0.717) is 0 Å². The Balaban J connectivity index is 2.68. The van der Waals surface area contributed by atoms with Gasteiger partial charge in [-0.25, -0.2) is 13.4 Å². The average molecular weight is 240 g/mol. The smallest absolute Gasteiger partial charge is 0.213 e. The second-order valence-corrected chi connectivity index (χ2v) is 4.31. The van der Waals surface area contributed by atoms with Crippen LogP contribution in [0.4, 0.5) is 0 Å². The van der Waals surface area contributed by atoms with Gasteiger partial charge in [-0.1, -0.05) is 6.07 Å². The lowest BCUT2D eigenvalue weighted by Crippen LogP contribution is -2.21. The Morgan fingerprint density at radius 3 is 2.62 bits per heavy atom. The van der Waals surface area contributed by atoms with Crippen molar-refractivity contribution in [2.45, 2.75) is 5.16 Å². The van der Waals surface area contributed by atoms with E-state index >= 15 is 0 Å². The monoisotopic (exact) mass is 240 g/mol. The summed E-state index contributed by atoms with van der Waals surface area (Å²) < 4.78 is 31.9. The van der Waals surface area contributed by atoms with Crippen LogP contribution in [-0.4, -0.2) is 28.9 Å². The van der Waals surface area contributed by atoms with Crippen LogP contribution in [0, 0.1) is 0 Å². The van der Waals surface area contributed by atoms with Crippen molar-refractivity contribution in [3.63, 3.8) is 0 Å². The molecule has 0 saturated carbocycles. The Hall–Kier alpha value is -1.93. The molecule has 0 aliphatic rings. The van der Waals surface area contributed by atoms with E-state index in [1.807, 2.05) is 0 Å². The molecule has 0 spiro atoms. The number of imidazole rings is 1. The summed E-state index contributed by atoms with van der Waals surface area (Å²) in [6.45, 7) is 0. The number of carboxylic acids is 1. The van der Waals surface area contributed by atoms with Gasteiger partial charge < -0.3 is 19.4 Å². The van der Waals surface area contributed by atoms with Gasteiger partial charge in [-0.15, -0.1) is 0 Å². The molecular formula is C8H4N2O5S-2. The summed E-state index contributed by atoms with van der Waals surface area (Å²) in [6, 6.07) is 3.64. The standard InChI is InChI=1S/C8H6N2O5S/c11-7(12)4-1-2-5-6(3-4)10-8(9-5)16(13,14)15/h1-3H,(H,9,10)(H,11,12)(H,13,14,15)/p-2. The lowest BCUT2D eigenvalue weighted by Gasteiger charge is -2.00. The maximum Gasteiger partial charge on any atom is 0.213 e. The number of fused-ring (bicyclic) bond motifs is 1.